The van der Waals surface area contributed by atoms with Crippen LogP contribution in [0.25, 0.3) is 11.6 Å². The third kappa shape index (κ3) is 5.57. The lowest BCUT2D eigenvalue weighted by atomic mass is 9.95. The average Bonchev–Trinajstić information content (AvgIpc) is 2.98. The van der Waals surface area contributed by atoms with Gasteiger partial charge in [-0.15, -0.1) is 0 Å². The SMILES string of the molecule is COc1ccc(C=C(c2ccc(OC)cc2)c2ccc(N(c3ccccc3)c3ccccc3)cc2)cc1. The Bertz CT molecular complexity index is 1400. The minimum atomic E-state index is 0.837. The number of nitrogens with zero attached hydrogens (tertiary/aromatic N) is 1. The number of anilines is 3. The smallest absolute Gasteiger partial charge is 0.118 e. The molecule has 0 heterocycles. The van der Waals surface area contributed by atoms with E-state index in [0.29, 0.717) is 0 Å². The van der Waals surface area contributed by atoms with Crippen LogP contribution >= 0.6 is 0 Å². The van der Waals surface area contributed by atoms with E-state index in [-0.39, 0.29) is 0 Å². The summed E-state index contributed by atoms with van der Waals surface area (Å²) in [5, 5.41) is 0. The Hall–Kier alpha value is -4.76. The first kappa shape index (κ1) is 24.0. The third-order valence-corrected chi connectivity index (χ3v) is 6.29. The van der Waals surface area contributed by atoms with Crippen molar-refractivity contribution >= 4 is 28.7 Å². The molecule has 0 amide bonds. The highest BCUT2D eigenvalue weighted by Gasteiger charge is 2.13. The number of hydrogen-bond donors (Lipinski definition) is 0. The van der Waals surface area contributed by atoms with Crippen molar-refractivity contribution in [1.29, 1.82) is 0 Å². The van der Waals surface area contributed by atoms with Crippen molar-refractivity contribution in [3.8, 4) is 11.5 Å². The lowest BCUT2D eigenvalue weighted by Crippen LogP contribution is -2.09. The number of benzene rings is 5. The van der Waals surface area contributed by atoms with Crippen LogP contribution in [-0.2, 0) is 0 Å². The predicted molar refractivity (Wildman–Crippen MR) is 154 cm³/mol. The summed E-state index contributed by atoms with van der Waals surface area (Å²) in [6.45, 7) is 0. The first-order chi connectivity index (χ1) is 18.2. The molecule has 3 heteroatoms. The molecule has 0 N–H and O–H groups in total. The van der Waals surface area contributed by atoms with Crippen LogP contribution in [0.4, 0.5) is 17.1 Å². The van der Waals surface area contributed by atoms with Gasteiger partial charge >= 0.3 is 0 Å². The number of ether oxygens (including phenoxy) is 2. The number of rotatable bonds is 8. The van der Waals surface area contributed by atoms with Crippen LogP contribution in [0.5, 0.6) is 11.5 Å². The maximum absolute atomic E-state index is 5.39. The van der Waals surface area contributed by atoms with Crippen LogP contribution in [0.15, 0.2) is 133 Å². The van der Waals surface area contributed by atoms with Crippen LogP contribution < -0.4 is 14.4 Å². The Morgan fingerprint density at radius 3 is 1.35 bits per heavy atom. The van der Waals surface area contributed by atoms with E-state index < -0.39 is 0 Å². The maximum Gasteiger partial charge on any atom is 0.118 e. The monoisotopic (exact) mass is 483 g/mol. The van der Waals surface area contributed by atoms with Crippen LogP contribution in [0.2, 0.25) is 0 Å². The van der Waals surface area contributed by atoms with E-state index in [1.807, 2.05) is 36.4 Å². The zero-order chi connectivity index (χ0) is 25.5. The lowest BCUT2D eigenvalue weighted by Gasteiger charge is -2.25. The highest BCUT2D eigenvalue weighted by molar-refractivity contribution is 5.92. The van der Waals surface area contributed by atoms with Crippen molar-refractivity contribution in [1.82, 2.24) is 0 Å². The zero-order valence-corrected chi connectivity index (χ0v) is 21.0. The van der Waals surface area contributed by atoms with Crippen molar-refractivity contribution in [2.45, 2.75) is 0 Å². The quantitative estimate of drug-likeness (QED) is 0.206. The van der Waals surface area contributed by atoms with Gasteiger partial charge in [0.15, 0.2) is 0 Å². The van der Waals surface area contributed by atoms with E-state index in [4.69, 9.17) is 9.47 Å². The summed E-state index contributed by atoms with van der Waals surface area (Å²) >= 11 is 0. The molecular weight excluding hydrogens is 454 g/mol. The first-order valence-corrected chi connectivity index (χ1v) is 12.3. The molecule has 0 saturated carbocycles. The predicted octanol–water partition coefficient (Wildman–Crippen LogP) is 8.76. The van der Waals surface area contributed by atoms with Crippen molar-refractivity contribution in [3.63, 3.8) is 0 Å². The summed E-state index contributed by atoms with van der Waals surface area (Å²) in [5.41, 5.74) is 7.81. The molecule has 0 aliphatic rings. The van der Waals surface area contributed by atoms with Crippen molar-refractivity contribution in [2.75, 3.05) is 19.1 Å². The molecule has 5 rings (SSSR count). The molecule has 0 saturated heterocycles. The second-order valence-corrected chi connectivity index (χ2v) is 8.61. The minimum Gasteiger partial charge on any atom is -0.497 e. The second-order valence-electron chi connectivity index (χ2n) is 8.61. The van der Waals surface area contributed by atoms with Crippen molar-refractivity contribution < 1.29 is 9.47 Å². The van der Waals surface area contributed by atoms with Crippen molar-refractivity contribution in [3.05, 3.63) is 150 Å². The van der Waals surface area contributed by atoms with Gasteiger partial charge in [-0.05, 0) is 89.0 Å². The molecule has 0 aliphatic heterocycles. The molecule has 0 radical (unpaired) electrons. The number of para-hydroxylation sites is 2. The molecule has 0 spiro atoms. The molecule has 0 unspecified atom stereocenters. The molecule has 0 fully saturated rings. The lowest BCUT2D eigenvalue weighted by molar-refractivity contribution is 0.414. The molecule has 0 atom stereocenters. The molecule has 5 aromatic rings. The van der Waals surface area contributed by atoms with Gasteiger partial charge in [0, 0.05) is 17.1 Å². The molecular formula is C34H29NO2. The summed E-state index contributed by atoms with van der Waals surface area (Å²) in [5.74, 6) is 1.68. The standard InChI is InChI=1S/C34H29NO2/c1-36-32-21-13-26(14-22-32)25-34(28-17-23-33(37-2)24-18-28)27-15-19-31(20-16-27)35(29-9-5-3-6-10-29)30-11-7-4-8-12-30/h3-25H,1-2H3. The van der Waals surface area contributed by atoms with Crippen LogP contribution in [-0.4, -0.2) is 14.2 Å². The fraction of sp³-hybridized carbons (Fsp3) is 0.0588. The Morgan fingerprint density at radius 2 is 0.892 bits per heavy atom. The molecule has 0 aromatic heterocycles. The fourth-order valence-electron chi connectivity index (χ4n) is 4.36. The summed E-state index contributed by atoms with van der Waals surface area (Å²) in [6, 6.07) is 45.9. The van der Waals surface area contributed by atoms with Gasteiger partial charge in [0.2, 0.25) is 0 Å². The van der Waals surface area contributed by atoms with Crippen LogP contribution in [0, 0.1) is 0 Å². The first-order valence-electron chi connectivity index (χ1n) is 12.3. The normalized spacial score (nSPS) is 11.1. The summed E-state index contributed by atoms with van der Waals surface area (Å²) in [6.07, 6.45) is 2.21. The molecule has 5 aromatic carbocycles. The average molecular weight is 484 g/mol. The summed E-state index contributed by atoms with van der Waals surface area (Å²) in [7, 11) is 3.37. The van der Waals surface area contributed by atoms with Gasteiger partial charge in [-0.3, -0.25) is 0 Å². The third-order valence-electron chi connectivity index (χ3n) is 6.29. The second kappa shape index (κ2) is 11.3. The van der Waals surface area contributed by atoms with Gasteiger partial charge in [0.25, 0.3) is 0 Å². The molecule has 0 aliphatic carbocycles. The van der Waals surface area contributed by atoms with E-state index in [1.54, 1.807) is 14.2 Å². The number of methoxy groups -OCH3 is 2. The molecule has 3 nitrogen and oxygen atoms in total. The van der Waals surface area contributed by atoms with Crippen LogP contribution in [0.3, 0.4) is 0 Å². The Balaban J connectivity index is 1.56. The largest absolute Gasteiger partial charge is 0.497 e. The molecule has 0 bridgehead atoms. The van der Waals surface area contributed by atoms with Gasteiger partial charge in [-0.2, -0.15) is 0 Å². The van der Waals surface area contributed by atoms with Crippen LogP contribution in [0.1, 0.15) is 16.7 Å². The van der Waals surface area contributed by atoms with E-state index >= 15 is 0 Å². The van der Waals surface area contributed by atoms with Gasteiger partial charge in [0.05, 0.1) is 14.2 Å². The Labute approximate surface area is 218 Å². The maximum atomic E-state index is 5.39. The van der Waals surface area contributed by atoms with Gasteiger partial charge in [-0.1, -0.05) is 72.8 Å². The van der Waals surface area contributed by atoms with E-state index in [2.05, 4.69) is 108 Å². The number of hydrogen-bond acceptors (Lipinski definition) is 3. The fourth-order valence-corrected chi connectivity index (χ4v) is 4.36. The Morgan fingerprint density at radius 1 is 0.486 bits per heavy atom. The Kier molecular flexibility index (Phi) is 7.33. The minimum absolute atomic E-state index is 0.837. The van der Waals surface area contributed by atoms with E-state index in [9.17, 15) is 0 Å². The van der Waals surface area contributed by atoms with E-state index in [1.165, 1.54) is 0 Å². The topological polar surface area (TPSA) is 21.7 Å². The molecule has 182 valence electrons. The summed E-state index contributed by atoms with van der Waals surface area (Å²) in [4.78, 5) is 2.27. The zero-order valence-electron chi connectivity index (χ0n) is 21.0. The van der Waals surface area contributed by atoms with Gasteiger partial charge in [-0.25, -0.2) is 0 Å². The highest BCUT2D eigenvalue weighted by Crippen LogP contribution is 2.36. The summed E-state index contributed by atoms with van der Waals surface area (Å²) < 4.78 is 10.7. The highest BCUT2D eigenvalue weighted by atomic mass is 16.5. The van der Waals surface area contributed by atoms with Crippen molar-refractivity contribution in [2.24, 2.45) is 0 Å². The van der Waals surface area contributed by atoms with Gasteiger partial charge in [0.1, 0.15) is 11.5 Å². The molecule has 37 heavy (non-hydrogen) atoms. The van der Waals surface area contributed by atoms with E-state index in [0.717, 1.165) is 50.8 Å². The van der Waals surface area contributed by atoms with Gasteiger partial charge < -0.3 is 14.4 Å².